The molecule has 0 N–H and O–H groups in total. The molecule has 0 atom stereocenters. The van der Waals surface area contributed by atoms with E-state index >= 15 is 0 Å². The second-order valence-electron chi connectivity index (χ2n) is 5.27. The monoisotopic (exact) mass is 262 g/mol. The zero-order chi connectivity index (χ0) is 11.7. The highest BCUT2D eigenvalue weighted by Gasteiger charge is 2.19. The van der Waals surface area contributed by atoms with Gasteiger partial charge in [0.25, 0.3) is 0 Å². The highest BCUT2D eigenvalue weighted by atomic mass is 32.2. The summed E-state index contributed by atoms with van der Waals surface area (Å²) in [6.45, 7) is 13.1. The average molecular weight is 262 g/mol. The number of thioether (sulfide) groups is 2. The van der Waals surface area contributed by atoms with Crippen molar-refractivity contribution in [1.29, 1.82) is 0 Å². The van der Waals surface area contributed by atoms with Crippen LogP contribution in [-0.2, 0) is 0 Å². The molecule has 1 heterocycles. The van der Waals surface area contributed by atoms with E-state index in [4.69, 9.17) is 0 Å². The van der Waals surface area contributed by atoms with Crippen molar-refractivity contribution in [3.8, 4) is 0 Å². The third-order valence-corrected chi connectivity index (χ3v) is 4.14. The maximum atomic E-state index is 4.51. The van der Waals surface area contributed by atoms with Crippen LogP contribution in [0.1, 0.15) is 41.5 Å². The second kappa shape index (κ2) is 4.63. The third kappa shape index (κ3) is 5.78. The smallest absolute Gasteiger partial charge is 0.201 e. The summed E-state index contributed by atoms with van der Waals surface area (Å²) in [4.78, 5) is 4.51. The molecule has 1 aromatic rings. The molecule has 0 aliphatic carbocycles. The van der Waals surface area contributed by atoms with E-state index in [1.54, 1.807) is 23.5 Å². The molecule has 86 valence electrons. The lowest BCUT2D eigenvalue weighted by atomic mass is 10.3. The van der Waals surface area contributed by atoms with Gasteiger partial charge >= 0.3 is 0 Å². The molecular formula is C10H18N2S3. The summed E-state index contributed by atoms with van der Waals surface area (Å²) in [5.41, 5.74) is 0. The van der Waals surface area contributed by atoms with Crippen LogP contribution in [0.5, 0.6) is 0 Å². The van der Waals surface area contributed by atoms with E-state index in [2.05, 4.69) is 50.9 Å². The number of hydrogen-bond donors (Lipinski definition) is 0. The predicted molar refractivity (Wildman–Crippen MR) is 71.1 cm³/mol. The van der Waals surface area contributed by atoms with Gasteiger partial charge in [0, 0.05) is 9.49 Å². The lowest BCUT2D eigenvalue weighted by Crippen LogP contribution is -2.07. The molecule has 0 spiro atoms. The van der Waals surface area contributed by atoms with Gasteiger partial charge in [-0.05, 0) is 11.5 Å². The lowest BCUT2D eigenvalue weighted by Gasteiger charge is -2.15. The minimum Gasteiger partial charge on any atom is -0.203 e. The quantitative estimate of drug-likeness (QED) is 0.741. The largest absolute Gasteiger partial charge is 0.203 e. The van der Waals surface area contributed by atoms with Crippen molar-refractivity contribution in [2.45, 2.75) is 60.5 Å². The van der Waals surface area contributed by atoms with Gasteiger partial charge in [-0.15, -0.1) is 0 Å². The average Bonchev–Trinajstić information content (AvgIpc) is 2.28. The zero-order valence-electron chi connectivity index (χ0n) is 10.1. The molecule has 0 bridgehead atoms. The molecule has 0 aliphatic heterocycles. The molecule has 5 heteroatoms. The second-order valence-corrected chi connectivity index (χ2v) is 9.89. The van der Waals surface area contributed by atoms with Gasteiger partial charge in [0.05, 0.1) is 0 Å². The molecule has 15 heavy (non-hydrogen) atoms. The van der Waals surface area contributed by atoms with Gasteiger partial charge in [-0.2, -0.15) is 4.37 Å². The first-order chi connectivity index (χ1) is 6.66. The van der Waals surface area contributed by atoms with Crippen LogP contribution < -0.4 is 0 Å². The van der Waals surface area contributed by atoms with Crippen molar-refractivity contribution in [2.24, 2.45) is 0 Å². The number of rotatable bonds is 2. The summed E-state index contributed by atoms with van der Waals surface area (Å²) >= 11 is 5.00. The van der Waals surface area contributed by atoms with Crippen LogP contribution in [0.3, 0.4) is 0 Å². The van der Waals surface area contributed by atoms with Gasteiger partial charge in [-0.25, -0.2) is 4.98 Å². The van der Waals surface area contributed by atoms with Crippen molar-refractivity contribution in [1.82, 2.24) is 9.36 Å². The molecule has 1 aromatic heterocycles. The molecule has 0 aromatic carbocycles. The van der Waals surface area contributed by atoms with Crippen LogP contribution in [0.4, 0.5) is 0 Å². The minimum absolute atomic E-state index is 0.185. The van der Waals surface area contributed by atoms with E-state index in [-0.39, 0.29) is 9.49 Å². The Hall–Kier alpha value is 0.260. The van der Waals surface area contributed by atoms with Gasteiger partial charge in [-0.1, -0.05) is 65.1 Å². The lowest BCUT2D eigenvalue weighted by molar-refractivity contribution is 0.791. The van der Waals surface area contributed by atoms with Gasteiger partial charge in [0.1, 0.15) is 0 Å². The van der Waals surface area contributed by atoms with Gasteiger partial charge < -0.3 is 0 Å². The Kier molecular flexibility index (Phi) is 4.12. The molecule has 0 amide bonds. The third-order valence-electron chi connectivity index (χ3n) is 1.18. The van der Waals surface area contributed by atoms with Crippen molar-refractivity contribution >= 4 is 35.1 Å². The van der Waals surface area contributed by atoms with Crippen LogP contribution in [0.15, 0.2) is 9.50 Å². The molecule has 0 saturated carbocycles. The first-order valence-electron chi connectivity index (χ1n) is 4.87. The van der Waals surface area contributed by atoms with Crippen molar-refractivity contribution in [2.75, 3.05) is 0 Å². The fraction of sp³-hybridized carbons (Fsp3) is 0.800. The summed E-state index contributed by atoms with van der Waals surface area (Å²) in [6, 6.07) is 0. The fourth-order valence-corrected chi connectivity index (χ4v) is 3.87. The Morgan fingerprint density at radius 3 is 1.93 bits per heavy atom. The van der Waals surface area contributed by atoms with Crippen LogP contribution >= 0.6 is 35.1 Å². The van der Waals surface area contributed by atoms with Gasteiger partial charge in [-0.3, -0.25) is 0 Å². The van der Waals surface area contributed by atoms with E-state index < -0.39 is 0 Å². The molecular weight excluding hydrogens is 244 g/mol. The summed E-state index contributed by atoms with van der Waals surface area (Å²) < 4.78 is 5.82. The zero-order valence-corrected chi connectivity index (χ0v) is 12.6. The SMILES string of the molecule is CC(C)(C)Sc1nsc(SC(C)(C)C)n1. The molecule has 0 radical (unpaired) electrons. The molecule has 0 aliphatic rings. The van der Waals surface area contributed by atoms with Crippen molar-refractivity contribution in [3.63, 3.8) is 0 Å². The molecule has 0 fully saturated rings. The predicted octanol–water partition coefficient (Wildman–Crippen LogP) is 4.32. The standard InChI is InChI=1S/C10H18N2S3/c1-9(2,3)13-7-11-8(15-12-7)14-10(4,5)6/h1-6H3. The first kappa shape index (κ1) is 13.3. The molecule has 0 saturated heterocycles. The van der Waals surface area contributed by atoms with Gasteiger partial charge in [0.15, 0.2) is 4.34 Å². The van der Waals surface area contributed by atoms with Crippen molar-refractivity contribution < 1.29 is 0 Å². The normalized spacial score (nSPS) is 13.2. The Morgan fingerprint density at radius 2 is 1.47 bits per heavy atom. The van der Waals surface area contributed by atoms with Crippen LogP contribution in [0.25, 0.3) is 0 Å². The van der Waals surface area contributed by atoms with Crippen LogP contribution in [-0.4, -0.2) is 18.9 Å². The minimum atomic E-state index is 0.185. The summed E-state index contributed by atoms with van der Waals surface area (Å²) in [5, 5.41) is 0.902. The summed E-state index contributed by atoms with van der Waals surface area (Å²) in [6.07, 6.45) is 0. The maximum Gasteiger partial charge on any atom is 0.201 e. The van der Waals surface area contributed by atoms with Crippen LogP contribution in [0, 0.1) is 0 Å². The Balaban J connectivity index is 2.65. The summed E-state index contributed by atoms with van der Waals surface area (Å²) in [7, 11) is 0. The van der Waals surface area contributed by atoms with Crippen molar-refractivity contribution in [3.05, 3.63) is 0 Å². The molecule has 2 nitrogen and oxygen atoms in total. The number of nitrogens with zero attached hydrogens (tertiary/aromatic N) is 2. The number of hydrogen-bond acceptors (Lipinski definition) is 5. The molecule has 1 rings (SSSR count). The highest BCUT2D eigenvalue weighted by molar-refractivity contribution is 8.02. The fourth-order valence-electron chi connectivity index (χ4n) is 0.816. The maximum absolute atomic E-state index is 4.51. The van der Waals surface area contributed by atoms with E-state index in [1.807, 2.05) is 0 Å². The Bertz CT molecular complexity index is 290. The Morgan fingerprint density at radius 1 is 0.933 bits per heavy atom. The van der Waals surface area contributed by atoms with E-state index in [0.717, 1.165) is 9.50 Å². The molecule has 0 unspecified atom stereocenters. The van der Waals surface area contributed by atoms with Crippen LogP contribution in [0.2, 0.25) is 0 Å². The van der Waals surface area contributed by atoms with E-state index in [0.29, 0.717) is 0 Å². The Labute approximate surface area is 105 Å². The summed E-state index contributed by atoms with van der Waals surface area (Å²) in [5.74, 6) is 0. The number of aromatic nitrogens is 2. The first-order valence-corrected chi connectivity index (χ1v) is 7.28. The van der Waals surface area contributed by atoms with E-state index in [1.165, 1.54) is 11.5 Å². The van der Waals surface area contributed by atoms with Gasteiger partial charge in [0.2, 0.25) is 5.16 Å². The topological polar surface area (TPSA) is 25.8 Å². The highest BCUT2D eigenvalue weighted by Crippen LogP contribution is 2.36. The van der Waals surface area contributed by atoms with E-state index in [9.17, 15) is 0 Å².